The zero-order valence-corrected chi connectivity index (χ0v) is 16.4. The second kappa shape index (κ2) is 8.67. The molecule has 0 aliphatic rings. The van der Waals surface area contributed by atoms with Gasteiger partial charge in [0.05, 0.1) is 14.2 Å². The Kier molecular flexibility index (Phi) is 6.06. The Balaban J connectivity index is 1.85. The van der Waals surface area contributed by atoms with Crippen LogP contribution in [0.3, 0.4) is 0 Å². The molecule has 0 fully saturated rings. The molecule has 0 aliphatic carbocycles. The molecule has 28 heavy (non-hydrogen) atoms. The molecule has 0 unspecified atom stereocenters. The zero-order chi connectivity index (χ0) is 20.1. The van der Waals surface area contributed by atoms with Gasteiger partial charge in [0.2, 0.25) is 11.7 Å². The Morgan fingerprint density at radius 3 is 2.18 bits per heavy atom. The lowest BCUT2D eigenvalue weighted by Gasteiger charge is -2.16. The van der Waals surface area contributed by atoms with E-state index in [1.165, 1.54) is 0 Å². The van der Waals surface area contributed by atoms with E-state index in [4.69, 9.17) is 37.3 Å². The molecule has 1 heterocycles. The van der Waals surface area contributed by atoms with Crippen molar-refractivity contribution in [1.82, 2.24) is 9.97 Å². The van der Waals surface area contributed by atoms with Gasteiger partial charge in [0.25, 0.3) is 0 Å². The molecular weight excluding hydrogens is 380 g/mol. The predicted octanol–water partition coefficient (Wildman–Crippen LogP) is 3.48. The van der Waals surface area contributed by atoms with E-state index in [1.807, 2.05) is 36.4 Å². The number of hydrogen-bond acceptors (Lipinski definition) is 7. The first-order valence-electron chi connectivity index (χ1n) is 8.49. The molecule has 3 rings (SSSR count). The Hall–Kier alpha value is -3.19. The third-order valence-corrected chi connectivity index (χ3v) is 4.38. The minimum Gasteiger partial charge on any atom is -0.493 e. The van der Waals surface area contributed by atoms with Crippen LogP contribution in [0.4, 0.5) is 11.8 Å². The van der Waals surface area contributed by atoms with Crippen LogP contribution in [0.2, 0.25) is 5.02 Å². The minimum atomic E-state index is 0.141. The van der Waals surface area contributed by atoms with Crippen molar-refractivity contribution in [2.24, 2.45) is 0 Å². The van der Waals surface area contributed by atoms with E-state index in [0.717, 1.165) is 16.7 Å². The van der Waals surface area contributed by atoms with Crippen LogP contribution in [-0.4, -0.2) is 24.2 Å². The van der Waals surface area contributed by atoms with Gasteiger partial charge in [-0.1, -0.05) is 23.7 Å². The van der Waals surface area contributed by atoms with Gasteiger partial charge in [-0.05, 0) is 35.4 Å². The Morgan fingerprint density at radius 1 is 0.964 bits per heavy atom. The molecule has 8 heteroatoms. The van der Waals surface area contributed by atoms with Gasteiger partial charge in [-0.15, -0.1) is 0 Å². The standard InChI is InChI=1S/C20H21ClN4O3/c1-26-16-8-13(7-14-10-24-20(23)25-19(14)22)9-17(27-2)18(16)28-11-12-3-5-15(21)6-4-12/h3-6,8-10H,7,11H2,1-2H3,(H4,22,23,24,25). The van der Waals surface area contributed by atoms with Crippen molar-refractivity contribution in [2.75, 3.05) is 25.7 Å². The van der Waals surface area contributed by atoms with Gasteiger partial charge < -0.3 is 25.7 Å². The van der Waals surface area contributed by atoms with Crippen LogP contribution in [0.25, 0.3) is 0 Å². The Bertz CT molecular complexity index is 939. The van der Waals surface area contributed by atoms with Crippen LogP contribution < -0.4 is 25.7 Å². The van der Waals surface area contributed by atoms with Gasteiger partial charge in [0, 0.05) is 23.2 Å². The molecule has 4 N–H and O–H groups in total. The van der Waals surface area contributed by atoms with Gasteiger partial charge in [0.15, 0.2) is 11.5 Å². The van der Waals surface area contributed by atoms with E-state index < -0.39 is 0 Å². The van der Waals surface area contributed by atoms with Crippen LogP contribution in [0.15, 0.2) is 42.6 Å². The lowest BCUT2D eigenvalue weighted by molar-refractivity contribution is 0.265. The summed E-state index contributed by atoms with van der Waals surface area (Å²) in [5.74, 6) is 2.11. The third-order valence-electron chi connectivity index (χ3n) is 4.13. The molecule has 0 saturated carbocycles. The van der Waals surface area contributed by atoms with E-state index >= 15 is 0 Å². The van der Waals surface area contributed by atoms with E-state index in [2.05, 4.69) is 9.97 Å². The summed E-state index contributed by atoms with van der Waals surface area (Å²) in [7, 11) is 3.16. The summed E-state index contributed by atoms with van der Waals surface area (Å²) < 4.78 is 17.0. The third kappa shape index (κ3) is 4.55. The lowest BCUT2D eigenvalue weighted by atomic mass is 10.1. The molecule has 0 atom stereocenters. The lowest BCUT2D eigenvalue weighted by Crippen LogP contribution is -2.05. The maximum Gasteiger partial charge on any atom is 0.221 e. The number of benzene rings is 2. The molecule has 0 spiro atoms. The van der Waals surface area contributed by atoms with E-state index in [-0.39, 0.29) is 5.95 Å². The van der Waals surface area contributed by atoms with Crippen molar-refractivity contribution in [3.05, 3.63) is 64.3 Å². The highest BCUT2D eigenvalue weighted by molar-refractivity contribution is 6.30. The molecule has 0 amide bonds. The number of nitrogens with two attached hydrogens (primary N) is 2. The van der Waals surface area contributed by atoms with Crippen LogP contribution in [-0.2, 0) is 13.0 Å². The molecule has 2 aromatic carbocycles. The van der Waals surface area contributed by atoms with Crippen molar-refractivity contribution < 1.29 is 14.2 Å². The molecule has 1 aromatic heterocycles. The molecule has 146 valence electrons. The zero-order valence-electron chi connectivity index (χ0n) is 15.6. The maximum absolute atomic E-state index is 5.96. The molecule has 0 bridgehead atoms. The van der Waals surface area contributed by atoms with Gasteiger partial charge in [-0.3, -0.25) is 0 Å². The van der Waals surface area contributed by atoms with Crippen LogP contribution in [0, 0.1) is 0 Å². The first kappa shape index (κ1) is 19.6. The number of anilines is 2. The topological polar surface area (TPSA) is 106 Å². The van der Waals surface area contributed by atoms with E-state index in [1.54, 1.807) is 20.4 Å². The molecule has 0 saturated heterocycles. The summed E-state index contributed by atoms with van der Waals surface area (Å²) in [6, 6.07) is 11.2. The first-order chi connectivity index (χ1) is 13.5. The summed E-state index contributed by atoms with van der Waals surface area (Å²) >= 11 is 5.92. The molecule has 0 aliphatic heterocycles. The van der Waals surface area contributed by atoms with E-state index in [0.29, 0.717) is 41.1 Å². The van der Waals surface area contributed by atoms with Crippen molar-refractivity contribution >= 4 is 23.4 Å². The molecule has 0 radical (unpaired) electrons. The van der Waals surface area contributed by atoms with E-state index in [9.17, 15) is 0 Å². The number of aromatic nitrogens is 2. The average molecular weight is 401 g/mol. The van der Waals surface area contributed by atoms with Crippen molar-refractivity contribution in [1.29, 1.82) is 0 Å². The predicted molar refractivity (Wildman–Crippen MR) is 109 cm³/mol. The number of ether oxygens (including phenoxy) is 3. The fraction of sp³-hybridized carbons (Fsp3) is 0.200. The van der Waals surface area contributed by atoms with Crippen molar-refractivity contribution in [3.63, 3.8) is 0 Å². The van der Waals surface area contributed by atoms with Crippen LogP contribution >= 0.6 is 11.6 Å². The van der Waals surface area contributed by atoms with Gasteiger partial charge in [0.1, 0.15) is 12.4 Å². The van der Waals surface area contributed by atoms with Crippen molar-refractivity contribution in [3.8, 4) is 17.2 Å². The fourth-order valence-electron chi connectivity index (χ4n) is 2.71. The summed E-state index contributed by atoms with van der Waals surface area (Å²) in [6.07, 6.45) is 2.11. The first-order valence-corrected chi connectivity index (χ1v) is 8.87. The largest absolute Gasteiger partial charge is 0.493 e. The van der Waals surface area contributed by atoms with Gasteiger partial charge in [-0.2, -0.15) is 4.98 Å². The average Bonchev–Trinajstić information content (AvgIpc) is 2.69. The number of halogens is 1. The normalized spacial score (nSPS) is 10.5. The highest BCUT2D eigenvalue weighted by Gasteiger charge is 2.16. The summed E-state index contributed by atoms with van der Waals surface area (Å²) in [5, 5.41) is 0.675. The number of nitrogen functional groups attached to an aromatic ring is 2. The SMILES string of the molecule is COc1cc(Cc2cnc(N)nc2N)cc(OC)c1OCc1ccc(Cl)cc1. The minimum absolute atomic E-state index is 0.141. The summed E-state index contributed by atoms with van der Waals surface area (Å²) in [6.45, 7) is 0.349. The number of rotatable bonds is 7. The van der Waals surface area contributed by atoms with Crippen LogP contribution in [0.5, 0.6) is 17.2 Å². The molecule has 3 aromatic rings. The number of methoxy groups -OCH3 is 2. The van der Waals surface area contributed by atoms with Gasteiger partial charge >= 0.3 is 0 Å². The quantitative estimate of drug-likeness (QED) is 0.625. The summed E-state index contributed by atoms with van der Waals surface area (Å²) in [5.41, 5.74) is 14.1. The smallest absolute Gasteiger partial charge is 0.221 e. The second-order valence-electron chi connectivity index (χ2n) is 6.06. The highest BCUT2D eigenvalue weighted by atomic mass is 35.5. The van der Waals surface area contributed by atoms with Gasteiger partial charge in [-0.25, -0.2) is 4.98 Å². The Labute approximate surface area is 168 Å². The highest BCUT2D eigenvalue weighted by Crippen LogP contribution is 2.39. The number of nitrogens with zero attached hydrogens (tertiary/aromatic N) is 2. The Morgan fingerprint density at radius 2 is 1.61 bits per heavy atom. The molecule has 7 nitrogen and oxygen atoms in total. The fourth-order valence-corrected chi connectivity index (χ4v) is 2.83. The maximum atomic E-state index is 5.96. The molecular formula is C20H21ClN4O3. The van der Waals surface area contributed by atoms with Crippen LogP contribution in [0.1, 0.15) is 16.7 Å². The second-order valence-corrected chi connectivity index (χ2v) is 6.50. The summed E-state index contributed by atoms with van der Waals surface area (Å²) in [4.78, 5) is 7.99. The number of hydrogen-bond donors (Lipinski definition) is 2. The van der Waals surface area contributed by atoms with Crippen molar-refractivity contribution in [2.45, 2.75) is 13.0 Å². The monoisotopic (exact) mass is 400 g/mol.